The van der Waals surface area contributed by atoms with Gasteiger partial charge >= 0.3 is 0 Å². The second-order valence-electron chi connectivity index (χ2n) is 6.33. The van der Waals surface area contributed by atoms with Crippen LogP contribution in [0.15, 0.2) is 68.3 Å². The number of nitrogens with one attached hydrogen (secondary N) is 2. The number of aromatic amines is 1. The fraction of sp³-hybridized carbons (Fsp3) is 0.0476. The van der Waals surface area contributed by atoms with Gasteiger partial charge in [0, 0.05) is 0 Å². The molecule has 0 fully saturated rings. The highest BCUT2D eigenvalue weighted by Crippen LogP contribution is 2.28. The van der Waals surface area contributed by atoms with E-state index in [1.165, 1.54) is 30.1 Å². The van der Waals surface area contributed by atoms with Gasteiger partial charge in [0.25, 0.3) is 5.91 Å². The summed E-state index contributed by atoms with van der Waals surface area (Å²) in [4.78, 5) is 19.7. The van der Waals surface area contributed by atoms with E-state index in [4.69, 9.17) is 9.68 Å². The minimum Gasteiger partial charge on any atom is -0.448 e. The average Bonchev–Trinajstić information content (AvgIpc) is 3.33. The van der Waals surface area contributed by atoms with E-state index in [-0.39, 0.29) is 11.1 Å². The largest absolute Gasteiger partial charge is 0.448 e. The summed E-state index contributed by atoms with van der Waals surface area (Å²) >= 11 is 1.32. The number of benzene rings is 2. The predicted octanol–water partition coefficient (Wildman–Crippen LogP) is 4.39. The summed E-state index contributed by atoms with van der Waals surface area (Å²) in [6, 6.07) is 14.8. The van der Waals surface area contributed by atoms with Crippen molar-refractivity contribution in [2.24, 2.45) is 5.10 Å². The van der Waals surface area contributed by atoms with Crippen LogP contribution in [-0.4, -0.2) is 22.1 Å². The molecular weight excluding hydrogens is 405 g/mol. The number of rotatable bonds is 5. The average molecular weight is 419 g/mol. The number of carbonyl (C=O) groups is 1. The molecule has 0 saturated heterocycles. The van der Waals surface area contributed by atoms with E-state index in [0.29, 0.717) is 16.0 Å². The number of imidazole rings is 1. The molecule has 2 heterocycles. The number of hydrogen-bond acceptors (Lipinski definition) is 6. The standard InChI is InChI=1S/C21H14FN5O2S/c1-12-2-6-17-18(8-12)26-21(25-17)30-19-7-4-14(29-19)11-24-27-20(28)15-5-3-13(10-23)9-16(15)22/h2-9,11H,1H3,(H,25,26)(H,27,28)/b24-11-. The van der Waals surface area contributed by atoms with E-state index < -0.39 is 11.7 Å². The molecular formula is C21H14FN5O2S. The van der Waals surface area contributed by atoms with Crippen LogP contribution in [0.2, 0.25) is 0 Å². The molecule has 0 aliphatic carbocycles. The molecule has 1 amide bonds. The van der Waals surface area contributed by atoms with Crippen LogP contribution in [0.3, 0.4) is 0 Å². The highest BCUT2D eigenvalue weighted by molar-refractivity contribution is 7.99. The number of aryl methyl sites for hydroxylation is 1. The van der Waals surface area contributed by atoms with Crippen molar-refractivity contribution in [3.8, 4) is 6.07 Å². The Kier molecular flexibility index (Phi) is 5.32. The first-order chi connectivity index (χ1) is 14.5. The van der Waals surface area contributed by atoms with E-state index in [1.54, 1.807) is 18.2 Å². The maximum Gasteiger partial charge on any atom is 0.274 e. The lowest BCUT2D eigenvalue weighted by Gasteiger charge is -2.01. The molecule has 9 heteroatoms. The van der Waals surface area contributed by atoms with E-state index in [2.05, 4.69) is 20.5 Å². The Hall–Kier alpha value is -3.90. The summed E-state index contributed by atoms with van der Waals surface area (Å²) in [5, 5.41) is 13.8. The molecule has 0 atom stereocenters. The summed E-state index contributed by atoms with van der Waals surface area (Å²) in [6.45, 7) is 2.01. The molecule has 4 aromatic rings. The number of carbonyl (C=O) groups excluding carboxylic acids is 1. The highest BCUT2D eigenvalue weighted by Gasteiger charge is 2.12. The minimum atomic E-state index is -0.792. The molecule has 0 aliphatic heterocycles. The summed E-state index contributed by atoms with van der Waals surface area (Å²) in [6.07, 6.45) is 1.31. The SMILES string of the molecule is Cc1ccc2nc(Sc3ccc(/C=N\NC(=O)c4ccc(C#N)cc4F)o3)[nH]c2c1. The fourth-order valence-electron chi connectivity index (χ4n) is 2.69. The van der Waals surface area contributed by atoms with Crippen molar-refractivity contribution < 1.29 is 13.6 Å². The van der Waals surface area contributed by atoms with Gasteiger partial charge in [-0.05, 0) is 66.7 Å². The van der Waals surface area contributed by atoms with Crippen LogP contribution in [0, 0.1) is 24.1 Å². The number of amides is 1. The number of hydrogen-bond donors (Lipinski definition) is 2. The van der Waals surface area contributed by atoms with E-state index in [1.807, 2.05) is 25.1 Å². The first kappa shape index (κ1) is 19.4. The lowest BCUT2D eigenvalue weighted by Crippen LogP contribution is -2.19. The Morgan fingerprint density at radius 1 is 1.30 bits per heavy atom. The van der Waals surface area contributed by atoms with Crippen LogP contribution in [0.4, 0.5) is 4.39 Å². The van der Waals surface area contributed by atoms with Crippen LogP contribution >= 0.6 is 11.8 Å². The van der Waals surface area contributed by atoms with Crippen molar-refractivity contribution in [1.82, 2.24) is 15.4 Å². The Bertz CT molecular complexity index is 1320. The summed E-state index contributed by atoms with van der Waals surface area (Å²) in [5.41, 5.74) is 5.11. The van der Waals surface area contributed by atoms with E-state index >= 15 is 0 Å². The van der Waals surface area contributed by atoms with Gasteiger partial charge in [0.05, 0.1) is 34.4 Å². The molecule has 0 radical (unpaired) electrons. The molecule has 148 valence electrons. The number of halogens is 1. The minimum absolute atomic E-state index is 0.132. The number of hydrazone groups is 1. The van der Waals surface area contributed by atoms with Gasteiger partial charge in [0.2, 0.25) is 0 Å². The molecule has 2 aromatic heterocycles. The van der Waals surface area contributed by atoms with Gasteiger partial charge in [-0.15, -0.1) is 0 Å². The smallest absolute Gasteiger partial charge is 0.274 e. The van der Waals surface area contributed by atoms with Crippen molar-refractivity contribution in [2.45, 2.75) is 17.2 Å². The monoisotopic (exact) mass is 419 g/mol. The van der Waals surface area contributed by atoms with Crippen molar-refractivity contribution in [1.29, 1.82) is 5.26 Å². The number of fused-ring (bicyclic) bond motifs is 1. The van der Waals surface area contributed by atoms with Crippen molar-refractivity contribution in [3.05, 3.63) is 76.8 Å². The van der Waals surface area contributed by atoms with E-state index in [0.717, 1.165) is 22.7 Å². The maximum atomic E-state index is 13.9. The number of aromatic nitrogens is 2. The van der Waals surface area contributed by atoms with Gasteiger partial charge in [-0.1, -0.05) is 6.07 Å². The lowest BCUT2D eigenvalue weighted by molar-refractivity contribution is 0.0951. The zero-order chi connectivity index (χ0) is 21.1. The molecule has 2 N–H and O–H groups in total. The van der Waals surface area contributed by atoms with Gasteiger partial charge in [0.15, 0.2) is 10.2 Å². The Balaban J connectivity index is 1.39. The van der Waals surface area contributed by atoms with Crippen molar-refractivity contribution in [2.75, 3.05) is 0 Å². The van der Waals surface area contributed by atoms with Crippen LogP contribution in [0.25, 0.3) is 11.0 Å². The molecule has 0 aliphatic rings. The van der Waals surface area contributed by atoms with Gasteiger partial charge in [-0.25, -0.2) is 14.8 Å². The first-order valence-corrected chi connectivity index (χ1v) is 9.60. The van der Waals surface area contributed by atoms with Crippen molar-refractivity contribution >= 4 is 34.9 Å². The molecule has 2 aromatic carbocycles. The predicted molar refractivity (Wildman–Crippen MR) is 110 cm³/mol. The lowest BCUT2D eigenvalue weighted by atomic mass is 10.1. The topological polar surface area (TPSA) is 107 Å². The second-order valence-corrected chi connectivity index (χ2v) is 7.32. The van der Waals surface area contributed by atoms with Crippen LogP contribution in [0.5, 0.6) is 0 Å². The van der Waals surface area contributed by atoms with Gasteiger partial charge in [-0.2, -0.15) is 10.4 Å². The van der Waals surface area contributed by atoms with Gasteiger partial charge in [0.1, 0.15) is 11.6 Å². The molecule has 0 saturated carbocycles. The van der Waals surface area contributed by atoms with Crippen LogP contribution in [-0.2, 0) is 0 Å². The summed E-state index contributed by atoms with van der Waals surface area (Å²) in [5.74, 6) is -1.11. The van der Waals surface area contributed by atoms with Crippen molar-refractivity contribution in [3.63, 3.8) is 0 Å². The molecule has 4 rings (SSSR count). The zero-order valence-corrected chi connectivity index (χ0v) is 16.5. The first-order valence-electron chi connectivity index (χ1n) is 8.79. The Morgan fingerprint density at radius 3 is 2.97 bits per heavy atom. The fourth-order valence-corrected chi connectivity index (χ4v) is 3.46. The second kappa shape index (κ2) is 8.23. The zero-order valence-electron chi connectivity index (χ0n) is 15.6. The Morgan fingerprint density at radius 2 is 2.17 bits per heavy atom. The number of nitriles is 1. The number of nitrogens with zero attached hydrogens (tertiary/aromatic N) is 3. The maximum absolute atomic E-state index is 13.9. The van der Waals surface area contributed by atoms with Crippen LogP contribution < -0.4 is 5.43 Å². The number of H-pyrrole nitrogens is 1. The third kappa shape index (κ3) is 4.24. The molecule has 0 spiro atoms. The van der Waals surface area contributed by atoms with Crippen LogP contribution in [0.1, 0.15) is 27.2 Å². The number of furan rings is 1. The molecule has 0 unspecified atom stereocenters. The Labute approximate surface area is 174 Å². The molecule has 7 nitrogen and oxygen atoms in total. The quantitative estimate of drug-likeness (QED) is 0.368. The highest BCUT2D eigenvalue weighted by atomic mass is 32.2. The molecule has 30 heavy (non-hydrogen) atoms. The van der Waals surface area contributed by atoms with Gasteiger partial charge < -0.3 is 9.40 Å². The normalized spacial score (nSPS) is 11.1. The van der Waals surface area contributed by atoms with Gasteiger partial charge in [-0.3, -0.25) is 4.79 Å². The third-order valence-corrected chi connectivity index (χ3v) is 4.92. The summed E-state index contributed by atoms with van der Waals surface area (Å²) < 4.78 is 19.5. The third-order valence-electron chi connectivity index (χ3n) is 4.12. The molecule has 0 bridgehead atoms. The van der Waals surface area contributed by atoms with E-state index in [9.17, 15) is 9.18 Å². The summed E-state index contributed by atoms with van der Waals surface area (Å²) in [7, 11) is 0.